The van der Waals surface area contributed by atoms with E-state index < -0.39 is 34.1 Å². The topological polar surface area (TPSA) is 84.9 Å². The summed E-state index contributed by atoms with van der Waals surface area (Å²) in [6.07, 6.45) is -4.55. The predicted molar refractivity (Wildman–Crippen MR) is 95.1 cm³/mol. The summed E-state index contributed by atoms with van der Waals surface area (Å²) >= 11 is 7.81. The first-order valence-electron chi connectivity index (χ1n) is 7.46. The third-order valence-electron chi connectivity index (χ3n) is 2.86. The summed E-state index contributed by atoms with van der Waals surface area (Å²) in [7, 11) is 0. The largest absolute Gasteiger partial charge is 0.480 e. The summed E-state index contributed by atoms with van der Waals surface area (Å²) in [5, 5.41) is 11.5. The van der Waals surface area contributed by atoms with E-state index in [1.165, 1.54) is 24.3 Å². The van der Waals surface area contributed by atoms with Gasteiger partial charge in [-0.15, -0.1) is 0 Å². The molecule has 0 unspecified atom stereocenters. The van der Waals surface area contributed by atoms with Crippen molar-refractivity contribution < 1.29 is 33.0 Å². The van der Waals surface area contributed by atoms with Crippen molar-refractivity contribution in [2.75, 3.05) is 0 Å². The van der Waals surface area contributed by atoms with Crippen LogP contribution in [0.25, 0.3) is 0 Å². The van der Waals surface area contributed by atoms with Crippen molar-refractivity contribution in [1.29, 1.82) is 0 Å². The second kappa shape index (κ2) is 8.85. The Bertz CT molecular complexity index is 635. The number of amides is 1. The SMILES string of the molecule is CC(C)(C)OC(=O)N[C@H](Cc1ccc(OC(F)(F)[C@@H](Cl)Br)cc1)C(=O)O. The molecule has 146 valence electrons. The molecule has 0 saturated heterocycles. The molecule has 2 atom stereocenters. The summed E-state index contributed by atoms with van der Waals surface area (Å²) in [5.41, 5.74) is -0.280. The summed E-state index contributed by atoms with van der Waals surface area (Å²) in [5.74, 6) is -1.40. The quantitative estimate of drug-likeness (QED) is 0.600. The highest BCUT2D eigenvalue weighted by Gasteiger charge is 2.39. The van der Waals surface area contributed by atoms with Gasteiger partial charge in [-0.25, -0.2) is 9.59 Å². The average molecular weight is 459 g/mol. The molecule has 0 fully saturated rings. The Labute approximate surface area is 162 Å². The minimum Gasteiger partial charge on any atom is -0.480 e. The van der Waals surface area contributed by atoms with E-state index in [2.05, 4.69) is 26.0 Å². The molecule has 1 rings (SSSR count). The highest BCUT2D eigenvalue weighted by atomic mass is 79.9. The Kier molecular flexibility index (Phi) is 7.64. The average Bonchev–Trinajstić information content (AvgIpc) is 2.46. The van der Waals surface area contributed by atoms with Crippen LogP contribution in [0.3, 0.4) is 0 Å². The van der Waals surface area contributed by atoms with Gasteiger partial charge in [0.15, 0.2) is 4.29 Å². The fraction of sp³-hybridized carbons (Fsp3) is 0.500. The molecule has 1 aromatic rings. The van der Waals surface area contributed by atoms with Gasteiger partial charge in [-0.1, -0.05) is 39.7 Å². The zero-order valence-electron chi connectivity index (χ0n) is 14.3. The third kappa shape index (κ3) is 7.74. The summed E-state index contributed by atoms with van der Waals surface area (Å²) in [6.45, 7) is 4.94. The van der Waals surface area contributed by atoms with E-state index in [9.17, 15) is 23.5 Å². The molecule has 2 N–H and O–H groups in total. The number of carbonyl (C=O) groups is 2. The van der Waals surface area contributed by atoms with Gasteiger partial charge in [0.25, 0.3) is 0 Å². The first kappa shape index (κ1) is 22.4. The lowest BCUT2D eigenvalue weighted by Crippen LogP contribution is -2.44. The van der Waals surface area contributed by atoms with Crippen molar-refractivity contribution in [2.45, 2.75) is 49.2 Å². The fourth-order valence-corrected chi connectivity index (χ4v) is 1.92. The minimum atomic E-state index is -3.62. The number of alkyl carbamates (subject to hydrolysis) is 1. The highest BCUT2D eigenvalue weighted by molar-refractivity contribution is 9.10. The number of carboxylic acid groups (broad SMARTS) is 1. The molecular weight excluding hydrogens is 440 g/mol. The van der Waals surface area contributed by atoms with Crippen molar-refractivity contribution >= 4 is 39.6 Å². The maximum absolute atomic E-state index is 13.4. The maximum atomic E-state index is 13.4. The van der Waals surface area contributed by atoms with E-state index in [0.717, 1.165) is 0 Å². The number of benzene rings is 1. The van der Waals surface area contributed by atoms with Crippen molar-refractivity contribution in [1.82, 2.24) is 5.32 Å². The van der Waals surface area contributed by atoms with Gasteiger partial charge in [-0.3, -0.25) is 0 Å². The minimum absolute atomic E-state index is 0.0676. The molecule has 0 saturated carbocycles. The second-order valence-electron chi connectivity index (χ2n) is 6.35. The monoisotopic (exact) mass is 457 g/mol. The van der Waals surface area contributed by atoms with E-state index >= 15 is 0 Å². The van der Waals surface area contributed by atoms with Crippen molar-refractivity contribution in [3.05, 3.63) is 29.8 Å². The Morgan fingerprint density at radius 3 is 2.23 bits per heavy atom. The number of alkyl halides is 4. The smallest absolute Gasteiger partial charge is 0.424 e. The number of hydrogen-bond acceptors (Lipinski definition) is 4. The zero-order chi connectivity index (χ0) is 20.1. The Morgan fingerprint density at radius 1 is 1.27 bits per heavy atom. The number of nitrogens with one attached hydrogen (secondary N) is 1. The summed E-state index contributed by atoms with van der Waals surface area (Å²) < 4.78 is 34.6. The van der Waals surface area contributed by atoms with Crippen LogP contribution in [0.15, 0.2) is 24.3 Å². The normalized spacial score (nSPS) is 14.3. The standard InChI is InChI=1S/C16H19BrClF2NO5/c1-15(2,3)26-14(24)21-11(12(22)23)8-9-4-6-10(7-5-9)25-16(19,20)13(17)18/h4-7,11,13H,8H2,1-3H3,(H,21,24)(H,22,23)/t11-,13-/m1/s1. The molecule has 0 aromatic heterocycles. The van der Waals surface area contributed by atoms with E-state index in [1.807, 2.05) is 0 Å². The van der Waals surface area contributed by atoms with Crippen LogP contribution in [0.4, 0.5) is 13.6 Å². The van der Waals surface area contributed by atoms with Crippen LogP contribution in [0.5, 0.6) is 5.75 Å². The maximum Gasteiger partial charge on any atom is 0.424 e. The van der Waals surface area contributed by atoms with Crippen LogP contribution in [-0.2, 0) is 16.0 Å². The molecule has 0 aliphatic rings. The van der Waals surface area contributed by atoms with Crippen LogP contribution in [0.1, 0.15) is 26.3 Å². The van der Waals surface area contributed by atoms with Gasteiger partial charge in [0.1, 0.15) is 17.4 Å². The molecule has 0 aliphatic carbocycles. The molecule has 0 bridgehead atoms. The van der Waals surface area contributed by atoms with Gasteiger partial charge in [0.2, 0.25) is 0 Å². The van der Waals surface area contributed by atoms with Crippen LogP contribution in [-0.4, -0.2) is 39.2 Å². The fourth-order valence-electron chi connectivity index (χ4n) is 1.78. The van der Waals surface area contributed by atoms with E-state index in [1.54, 1.807) is 20.8 Å². The number of halogens is 4. The molecule has 6 nitrogen and oxygen atoms in total. The van der Waals surface area contributed by atoms with Crippen molar-refractivity contribution in [3.63, 3.8) is 0 Å². The molecule has 0 spiro atoms. The highest BCUT2D eigenvalue weighted by Crippen LogP contribution is 2.31. The van der Waals surface area contributed by atoms with Crippen LogP contribution in [0.2, 0.25) is 0 Å². The lowest BCUT2D eigenvalue weighted by atomic mass is 10.1. The van der Waals surface area contributed by atoms with Crippen LogP contribution < -0.4 is 10.1 Å². The molecule has 0 heterocycles. The van der Waals surface area contributed by atoms with Gasteiger partial charge in [-0.2, -0.15) is 8.78 Å². The van der Waals surface area contributed by atoms with Crippen molar-refractivity contribution in [2.24, 2.45) is 0 Å². The molecule has 10 heteroatoms. The number of hydrogen-bond donors (Lipinski definition) is 2. The first-order valence-corrected chi connectivity index (χ1v) is 8.81. The Hall–Kier alpha value is -1.61. The lowest BCUT2D eigenvalue weighted by molar-refractivity contribution is -0.161. The van der Waals surface area contributed by atoms with Crippen LogP contribution in [0, 0.1) is 0 Å². The van der Waals surface area contributed by atoms with Gasteiger partial charge in [-0.05, 0) is 38.5 Å². The first-order chi connectivity index (χ1) is 11.8. The van der Waals surface area contributed by atoms with Crippen LogP contribution >= 0.6 is 27.5 Å². The number of carbonyl (C=O) groups excluding carboxylic acids is 1. The number of aliphatic carboxylic acids is 1. The summed E-state index contributed by atoms with van der Waals surface area (Å²) in [6, 6.07) is 4.09. The van der Waals surface area contributed by atoms with Gasteiger partial charge >= 0.3 is 18.2 Å². The second-order valence-corrected chi connectivity index (χ2v) is 8.23. The molecule has 0 aliphatic heterocycles. The van der Waals surface area contributed by atoms with Crippen molar-refractivity contribution in [3.8, 4) is 5.75 Å². The van der Waals surface area contributed by atoms with Gasteiger partial charge in [0, 0.05) is 6.42 Å². The van der Waals surface area contributed by atoms with E-state index in [4.69, 9.17) is 16.3 Å². The van der Waals surface area contributed by atoms with E-state index in [0.29, 0.717) is 5.56 Å². The zero-order valence-corrected chi connectivity index (χ0v) is 16.6. The molecule has 1 amide bonds. The molecule has 26 heavy (non-hydrogen) atoms. The number of ether oxygens (including phenoxy) is 2. The predicted octanol–water partition coefficient (Wildman–Crippen LogP) is 4.14. The molecule has 0 radical (unpaired) electrons. The lowest BCUT2D eigenvalue weighted by Gasteiger charge is -2.22. The molecular formula is C16H19BrClF2NO5. The van der Waals surface area contributed by atoms with E-state index in [-0.39, 0.29) is 12.2 Å². The third-order valence-corrected chi connectivity index (χ3v) is 3.65. The Morgan fingerprint density at radius 2 is 1.81 bits per heavy atom. The number of carboxylic acids is 1. The molecule has 1 aromatic carbocycles. The Balaban J connectivity index is 2.75. The van der Waals surface area contributed by atoms with Gasteiger partial charge in [0.05, 0.1) is 0 Å². The number of rotatable bonds is 7. The van der Waals surface area contributed by atoms with Gasteiger partial charge < -0.3 is 19.9 Å². The summed E-state index contributed by atoms with van der Waals surface area (Å²) in [4.78, 5) is 23.0.